The van der Waals surface area contributed by atoms with Crippen LogP contribution < -0.4 is 9.47 Å². The number of aromatic nitrogens is 2. The minimum Gasteiger partial charge on any atom is -0.496 e. The van der Waals surface area contributed by atoms with E-state index in [0.29, 0.717) is 23.6 Å². The van der Waals surface area contributed by atoms with E-state index >= 15 is 0 Å². The van der Waals surface area contributed by atoms with Crippen LogP contribution in [0, 0.1) is 5.92 Å². The van der Waals surface area contributed by atoms with Gasteiger partial charge in [-0.3, -0.25) is 9.88 Å². The summed E-state index contributed by atoms with van der Waals surface area (Å²) < 4.78 is 11.9. The maximum atomic E-state index is 5.78. The van der Waals surface area contributed by atoms with Crippen molar-refractivity contribution in [3.05, 3.63) is 45.8 Å². The highest BCUT2D eigenvalue weighted by molar-refractivity contribution is 9.10. The number of methoxy groups -OCH3 is 1. The molecule has 0 amide bonds. The van der Waals surface area contributed by atoms with Gasteiger partial charge in [0.1, 0.15) is 5.75 Å². The van der Waals surface area contributed by atoms with E-state index in [0.717, 1.165) is 29.9 Å². The SMILES string of the molecule is COc1ccc(CN2CC(COc3cncc(Cl)n3)C2)cc1Br. The third kappa shape index (κ3) is 4.34. The van der Waals surface area contributed by atoms with Crippen molar-refractivity contribution in [1.29, 1.82) is 0 Å². The van der Waals surface area contributed by atoms with Crippen LogP contribution in [0.5, 0.6) is 11.6 Å². The molecule has 1 saturated heterocycles. The zero-order valence-electron chi connectivity index (χ0n) is 12.7. The maximum Gasteiger partial charge on any atom is 0.233 e. The third-order valence-electron chi connectivity index (χ3n) is 3.71. The number of nitrogens with zero attached hydrogens (tertiary/aromatic N) is 3. The molecule has 3 rings (SSSR count). The number of halogens is 2. The van der Waals surface area contributed by atoms with E-state index in [1.54, 1.807) is 13.3 Å². The molecule has 0 radical (unpaired) electrons. The van der Waals surface area contributed by atoms with E-state index in [9.17, 15) is 0 Å². The second kappa shape index (κ2) is 7.47. The molecule has 0 N–H and O–H groups in total. The summed E-state index contributed by atoms with van der Waals surface area (Å²) in [5, 5.41) is 0.350. The van der Waals surface area contributed by atoms with Gasteiger partial charge in [0.2, 0.25) is 5.88 Å². The van der Waals surface area contributed by atoms with Crippen molar-refractivity contribution >= 4 is 27.5 Å². The molecule has 1 fully saturated rings. The summed E-state index contributed by atoms with van der Waals surface area (Å²) in [4.78, 5) is 10.4. The summed E-state index contributed by atoms with van der Waals surface area (Å²) in [6, 6.07) is 6.18. The number of hydrogen-bond acceptors (Lipinski definition) is 5. The zero-order chi connectivity index (χ0) is 16.2. The molecule has 1 aromatic heterocycles. The Morgan fingerprint density at radius 2 is 2.17 bits per heavy atom. The largest absolute Gasteiger partial charge is 0.496 e. The fraction of sp³-hybridized carbons (Fsp3) is 0.375. The van der Waals surface area contributed by atoms with Crippen molar-refractivity contribution in [3.63, 3.8) is 0 Å². The number of ether oxygens (including phenoxy) is 2. The van der Waals surface area contributed by atoms with E-state index < -0.39 is 0 Å². The van der Waals surface area contributed by atoms with E-state index in [2.05, 4.69) is 42.9 Å². The standard InChI is InChI=1S/C16H17BrClN3O2/c1-22-14-3-2-11(4-13(14)17)7-21-8-12(9-21)10-23-16-6-19-5-15(18)20-16/h2-6,12H,7-10H2,1H3. The average molecular weight is 399 g/mol. The monoisotopic (exact) mass is 397 g/mol. The average Bonchev–Trinajstić information content (AvgIpc) is 2.49. The van der Waals surface area contributed by atoms with Crippen molar-refractivity contribution in [3.8, 4) is 11.6 Å². The second-order valence-electron chi connectivity index (χ2n) is 5.52. The predicted molar refractivity (Wildman–Crippen MR) is 92.0 cm³/mol. The van der Waals surface area contributed by atoms with Gasteiger partial charge in [0, 0.05) is 25.6 Å². The van der Waals surface area contributed by atoms with Crippen LogP contribution in [-0.4, -0.2) is 41.7 Å². The van der Waals surface area contributed by atoms with Crippen LogP contribution in [0.1, 0.15) is 5.56 Å². The van der Waals surface area contributed by atoms with Crippen molar-refractivity contribution in [2.75, 3.05) is 26.8 Å². The molecule has 0 aliphatic carbocycles. The van der Waals surface area contributed by atoms with Crippen LogP contribution in [0.4, 0.5) is 0 Å². The van der Waals surface area contributed by atoms with E-state index in [4.69, 9.17) is 21.1 Å². The molecule has 2 heterocycles. The normalized spacial score (nSPS) is 15.3. The minimum absolute atomic E-state index is 0.350. The molecule has 122 valence electrons. The quantitative estimate of drug-likeness (QED) is 0.746. The molecule has 5 nitrogen and oxygen atoms in total. The lowest BCUT2D eigenvalue weighted by molar-refractivity contribution is 0.0542. The molecule has 2 aromatic rings. The van der Waals surface area contributed by atoms with Crippen LogP contribution in [0.15, 0.2) is 35.1 Å². The lowest BCUT2D eigenvalue weighted by Crippen LogP contribution is -2.48. The first-order valence-electron chi connectivity index (χ1n) is 7.29. The summed E-state index contributed by atoms with van der Waals surface area (Å²) in [6.45, 7) is 3.59. The molecular weight excluding hydrogens is 382 g/mol. The van der Waals surface area contributed by atoms with Crippen LogP contribution in [0.3, 0.4) is 0 Å². The molecule has 0 spiro atoms. The molecule has 0 saturated carbocycles. The molecule has 7 heteroatoms. The topological polar surface area (TPSA) is 47.5 Å². The summed E-state index contributed by atoms with van der Waals surface area (Å²) >= 11 is 9.30. The Morgan fingerprint density at radius 1 is 1.35 bits per heavy atom. The van der Waals surface area contributed by atoms with Gasteiger partial charge in [-0.1, -0.05) is 17.7 Å². The Balaban J connectivity index is 1.43. The summed E-state index contributed by atoms with van der Waals surface area (Å²) in [6.07, 6.45) is 3.07. The maximum absolute atomic E-state index is 5.78. The molecule has 0 bridgehead atoms. The highest BCUT2D eigenvalue weighted by Gasteiger charge is 2.27. The summed E-state index contributed by atoms with van der Waals surface area (Å²) in [5.74, 6) is 1.85. The van der Waals surface area contributed by atoms with Crippen LogP contribution in [0.2, 0.25) is 5.15 Å². The highest BCUT2D eigenvalue weighted by atomic mass is 79.9. The number of rotatable bonds is 6. The molecule has 1 aliphatic rings. The van der Waals surface area contributed by atoms with Gasteiger partial charge in [-0.25, -0.2) is 0 Å². The number of benzene rings is 1. The number of likely N-dealkylation sites (tertiary alicyclic amines) is 1. The first kappa shape index (κ1) is 16.5. The molecule has 0 atom stereocenters. The molecule has 1 aromatic carbocycles. The fourth-order valence-electron chi connectivity index (χ4n) is 2.58. The van der Waals surface area contributed by atoms with Gasteiger partial charge in [0.25, 0.3) is 0 Å². The van der Waals surface area contributed by atoms with E-state index in [1.807, 2.05) is 6.07 Å². The van der Waals surface area contributed by atoms with Crippen molar-refractivity contribution < 1.29 is 9.47 Å². The van der Waals surface area contributed by atoms with Crippen molar-refractivity contribution in [2.45, 2.75) is 6.54 Å². The Kier molecular flexibility index (Phi) is 5.35. The van der Waals surface area contributed by atoms with Gasteiger partial charge >= 0.3 is 0 Å². The van der Waals surface area contributed by atoms with Crippen molar-refractivity contribution in [1.82, 2.24) is 14.9 Å². The van der Waals surface area contributed by atoms with Crippen molar-refractivity contribution in [2.24, 2.45) is 5.92 Å². The first-order chi connectivity index (χ1) is 11.1. The lowest BCUT2D eigenvalue weighted by atomic mass is 10.0. The Labute approximate surface area is 148 Å². The van der Waals surface area contributed by atoms with E-state index in [-0.39, 0.29) is 0 Å². The van der Waals surface area contributed by atoms with Gasteiger partial charge < -0.3 is 9.47 Å². The minimum atomic E-state index is 0.350. The highest BCUT2D eigenvalue weighted by Crippen LogP contribution is 2.27. The summed E-state index contributed by atoms with van der Waals surface area (Å²) in [5.41, 5.74) is 1.26. The molecule has 23 heavy (non-hydrogen) atoms. The summed E-state index contributed by atoms with van der Waals surface area (Å²) in [7, 11) is 1.67. The lowest BCUT2D eigenvalue weighted by Gasteiger charge is -2.39. The smallest absolute Gasteiger partial charge is 0.233 e. The van der Waals surface area contributed by atoms with Gasteiger partial charge in [-0.2, -0.15) is 4.98 Å². The second-order valence-corrected chi connectivity index (χ2v) is 6.76. The zero-order valence-corrected chi connectivity index (χ0v) is 15.0. The first-order valence-corrected chi connectivity index (χ1v) is 8.46. The van der Waals surface area contributed by atoms with E-state index in [1.165, 1.54) is 11.8 Å². The van der Waals surface area contributed by atoms with Crippen LogP contribution >= 0.6 is 27.5 Å². The Morgan fingerprint density at radius 3 is 2.87 bits per heavy atom. The number of hydrogen-bond donors (Lipinski definition) is 0. The van der Waals surface area contributed by atoms with Gasteiger partial charge in [-0.15, -0.1) is 0 Å². The van der Waals surface area contributed by atoms with Crippen LogP contribution in [0.25, 0.3) is 0 Å². The predicted octanol–water partition coefficient (Wildman–Crippen LogP) is 3.41. The van der Waals surface area contributed by atoms with Crippen LogP contribution in [-0.2, 0) is 6.54 Å². The molecule has 1 aliphatic heterocycles. The molecular formula is C16H17BrClN3O2. The Hall–Kier alpha value is -1.37. The Bertz CT molecular complexity index is 680. The van der Waals surface area contributed by atoms with Gasteiger partial charge in [0.05, 0.1) is 30.6 Å². The third-order valence-corrected chi connectivity index (χ3v) is 4.51. The van der Waals surface area contributed by atoms with Gasteiger partial charge in [-0.05, 0) is 33.6 Å². The fourth-order valence-corrected chi connectivity index (χ4v) is 3.30. The molecule has 0 unspecified atom stereocenters. The van der Waals surface area contributed by atoms with Gasteiger partial charge in [0.15, 0.2) is 5.15 Å².